The molecule has 7 nitrogen and oxygen atoms in total. The summed E-state index contributed by atoms with van der Waals surface area (Å²) in [4.78, 5) is 25.2. The van der Waals surface area contributed by atoms with Gasteiger partial charge in [-0.3, -0.25) is 9.59 Å². The Balaban J connectivity index is 1.73. The van der Waals surface area contributed by atoms with Gasteiger partial charge in [-0.15, -0.1) is 11.3 Å². The average Bonchev–Trinajstić information content (AvgIpc) is 3.26. The second-order valence-electron chi connectivity index (χ2n) is 6.18. The second kappa shape index (κ2) is 10.3. The summed E-state index contributed by atoms with van der Waals surface area (Å²) >= 11 is 12.9. The molecule has 1 aromatic heterocycles. The zero-order valence-corrected chi connectivity index (χ0v) is 18.9. The van der Waals surface area contributed by atoms with Crippen LogP contribution >= 0.6 is 34.5 Å². The molecule has 2 aromatic carbocycles. The van der Waals surface area contributed by atoms with Gasteiger partial charge in [-0.2, -0.15) is 4.72 Å². The number of anilines is 1. The highest BCUT2D eigenvalue weighted by molar-refractivity contribution is 7.91. The number of ether oxygens (including phenoxy) is 1. The summed E-state index contributed by atoms with van der Waals surface area (Å²) < 4.78 is 31.9. The summed E-state index contributed by atoms with van der Waals surface area (Å²) in [5.41, 5.74) is 0.723. The lowest BCUT2D eigenvalue weighted by molar-refractivity contribution is -0.153. The number of nitrogens with one attached hydrogen (secondary N) is 2. The van der Waals surface area contributed by atoms with Crippen molar-refractivity contribution in [1.82, 2.24) is 4.72 Å². The molecule has 0 saturated carbocycles. The Kier molecular flexibility index (Phi) is 7.69. The summed E-state index contributed by atoms with van der Waals surface area (Å²) in [5.74, 6) is -1.58. The molecule has 0 radical (unpaired) electrons. The monoisotopic (exact) mass is 498 g/mol. The number of thiophene rings is 1. The molecule has 162 valence electrons. The number of hydrogen-bond acceptors (Lipinski definition) is 6. The largest absolute Gasteiger partial charge is 0.446 e. The van der Waals surface area contributed by atoms with Crippen molar-refractivity contribution in [3.8, 4) is 0 Å². The van der Waals surface area contributed by atoms with Crippen molar-refractivity contribution < 1.29 is 22.7 Å². The van der Waals surface area contributed by atoms with Crippen molar-refractivity contribution in [2.45, 2.75) is 10.3 Å². The third kappa shape index (κ3) is 6.52. The van der Waals surface area contributed by atoms with Gasteiger partial charge in [-0.1, -0.05) is 59.6 Å². The maximum Gasteiger partial charge on any atom is 0.322 e. The van der Waals surface area contributed by atoms with Crippen LogP contribution in [0.1, 0.15) is 11.7 Å². The lowest BCUT2D eigenvalue weighted by Gasteiger charge is -2.18. The number of rotatable bonds is 8. The molecule has 0 aliphatic rings. The molecule has 0 fully saturated rings. The fraction of sp³-hybridized carbons (Fsp3) is 0.100. The van der Waals surface area contributed by atoms with Gasteiger partial charge in [-0.05, 0) is 29.6 Å². The fourth-order valence-corrected chi connectivity index (χ4v) is 5.08. The van der Waals surface area contributed by atoms with Crippen LogP contribution in [0.15, 0.2) is 70.3 Å². The summed E-state index contributed by atoms with van der Waals surface area (Å²) in [6.07, 6.45) is -1.32. The van der Waals surface area contributed by atoms with Gasteiger partial charge in [0.2, 0.25) is 6.10 Å². The second-order valence-corrected chi connectivity index (χ2v) is 10.00. The quantitative estimate of drug-likeness (QED) is 0.451. The first-order valence-electron chi connectivity index (χ1n) is 8.79. The van der Waals surface area contributed by atoms with Crippen molar-refractivity contribution in [1.29, 1.82) is 0 Å². The van der Waals surface area contributed by atoms with Gasteiger partial charge >= 0.3 is 5.97 Å². The number of carbonyl (C=O) groups excluding carboxylic acids is 2. The maximum absolute atomic E-state index is 12.8. The Hall–Kier alpha value is -2.43. The van der Waals surface area contributed by atoms with E-state index in [4.69, 9.17) is 27.9 Å². The van der Waals surface area contributed by atoms with E-state index in [0.717, 1.165) is 11.3 Å². The number of amides is 1. The molecule has 1 amide bonds. The summed E-state index contributed by atoms with van der Waals surface area (Å²) in [7, 11) is -3.85. The van der Waals surface area contributed by atoms with Crippen molar-refractivity contribution in [3.63, 3.8) is 0 Å². The van der Waals surface area contributed by atoms with E-state index < -0.39 is 34.5 Å². The van der Waals surface area contributed by atoms with E-state index in [1.54, 1.807) is 41.8 Å². The van der Waals surface area contributed by atoms with Gasteiger partial charge in [0, 0.05) is 21.3 Å². The highest BCUT2D eigenvalue weighted by Crippen LogP contribution is 2.25. The fourth-order valence-electron chi connectivity index (χ4n) is 2.55. The lowest BCUT2D eigenvalue weighted by Crippen LogP contribution is -2.33. The van der Waals surface area contributed by atoms with Crippen molar-refractivity contribution in [2.75, 3.05) is 11.9 Å². The molecular weight excluding hydrogens is 483 g/mol. The highest BCUT2D eigenvalue weighted by atomic mass is 35.5. The number of benzene rings is 2. The van der Waals surface area contributed by atoms with E-state index in [2.05, 4.69) is 10.0 Å². The van der Waals surface area contributed by atoms with E-state index in [9.17, 15) is 18.0 Å². The van der Waals surface area contributed by atoms with Crippen LogP contribution in [0.5, 0.6) is 0 Å². The molecule has 0 bridgehead atoms. The molecule has 0 spiro atoms. The third-order valence-electron chi connectivity index (χ3n) is 3.89. The number of esters is 1. The van der Waals surface area contributed by atoms with Gasteiger partial charge in [-0.25, -0.2) is 8.42 Å². The molecule has 11 heteroatoms. The summed E-state index contributed by atoms with van der Waals surface area (Å²) in [5, 5.41) is 4.84. The zero-order valence-electron chi connectivity index (χ0n) is 15.7. The SMILES string of the molecule is O=C(CNS(=O)(=O)c1cccs1)OC(C(=O)Nc1cc(Cl)cc(Cl)c1)c1ccccc1. The minimum atomic E-state index is -3.85. The molecule has 1 heterocycles. The van der Waals surface area contributed by atoms with Crippen LogP contribution in [-0.4, -0.2) is 26.8 Å². The topological polar surface area (TPSA) is 102 Å². The first-order valence-corrected chi connectivity index (χ1v) is 11.9. The van der Waals surface area contributed by atoms with E-state index >= 15 is 0 Å². The van der Waals surface area contributed by atoms with Crippen LogP contribution in [0.2, 0.25) is 10.0 Å². The number of carbonyl (C=O) groups is 2. The molecule has 2 N–H and O–H groups in total. The first kappa shape index (κ1) is 23.2. The predicted octanol–water partition coefficient (Wildman–Crippen LogP) is 4.26. The number of hydrogen-bond donors (Lipinski definition) is 2. The molecule has 1 unspecified atom stereocenters. The van der Waals surface area contributed by atoms with Crippen LogP contribution in [0.4, 0.5) is 5.69 Å². The predicted molar refractivity (Wildman–Crippen MR) is 120 cm³/mol. The van der Waals surface area contributed by atoms with Crippen LogP contribution < -0.4 is 10.0 Å². The summed E-state index contributed by atoms with van der Waals surface area (Å²) in [6.45, 7) is -0.639. The van der Waals surface area contributed by atoms with E-state index in [1.165, 1.54) is 24.3 Å². The van der Waals surface area contributed by atoms with Gasteiger partial charge in [0.25, 0.3) is 15.9 Å². The van der Waals surface area contributed by atoms with Crippen LogP contribution in [0, 0.1) is 0 Å². The standard InChI is InChI=1S/C20H16Cl2N2O5S2/c21-14-9-15(22)11-16(10-14)24-20(26)19(13-5-2-1-3-6-13)29-17(25)12-23-31(27,28)18-7-4-8-30-18/h1-11,19,23H,12H2,(H,24,26). The smallest absolute Gasteiger partial charge is 0.322 e. The number of halogens is 2. The molecule has 1 atom stereocenters. The average molecular weight is 499 g/mol. The Bertz CT molecular complexity index is 1150. The Morgan fingerprint density at radius 1 is 1.00 bits per heavy atom. The number of sulfonamides is 1. The zero-order chi connectivity index (χ0) is 22.4. The first-order chi connectivity index (χ1) is 14.7. The van der Waals surface area contributed by atoms with Crippen molar-refractivity contribution >= 4 is 62.1 Å². The van der Waals surface area contributed by atoms with Crippen molar-refractivity contribution in [2.24, 2.45) is 0 Å². The highest BCUT2D eigenvalue weighted by Gasteiger charge is 2.26. The normalized spacial score (nSPS) is 12.2. The summed E-state index contributed by atoms with van der Waals surface area (Å²) in [6, 6.07) is 15.8. The van der Waals surface area contributed by atoms with Crippen molar-refractivity contribution in [3.05, 3.63) is 81.7 Å². The maximum atomic E-state index is 12.8. The Morgan fingerprint density at radius 3 is 2.29 bits per heavy atom. The molecule has 3 aromatic rings. The molecule has 0 aliphatic carbocycles. The van der Waals surface area contributed by atoms with Gasteiger partial charge in [0.05, 0.1) is 0 Å². The molecule has 0 aliphatic heterocycles. The molecule has 0 saturated heterocycles. The van der Waals surface area contributed by atoms with Crippen LogP contribution in [0.25, 0.3) is 0 Å². The minimum Gasteiger partial charge on any atom is -0.446 e. The molecular formula is C20H16Cl2N2O5S2. The molecule has 31 heavy (non-hydrogen) atoms. The Morgan fingerprint density at radius 2 is 1.68 bits per heavy atom. The van der Waals surface area contributed by atoms with Gasteiger partial charge in [0.15, 0.2) is 0 Å². The molecule has 3 rings (SSSR count). The Labute approximate surface area is 193 Å². The lowest BCUT2D eigenvalue weighted by atomic mass is 10.1. The van der Waals surface area contributed by atoms with Gasteiger partial charge < -0.3 is 10.1 Å². The van der Waals surface area contributed by atoms with Crippen LogP contribution in [0.3, 0.4) is 0 Å². The van der Waals surface area contributed by atoms with Gasteiger partial charge in [0.1, 0.15) is 10.8 Å². The van der Waals surface area contributed by atoms with E-state index in [-0.39, 0.29) is 4.21 Å². The third-order valence-corrected chi connectivity index (χ3v) is 7.12. The minimum absolute atomic E-state index is 0.0653. The van der Waals surface area contributed by atoms with E-state index in [1.807, 2.05) is 0 Å². The van der Waals surface area contributed by atoms with E-state index in [0.29, 0.717) is 21.3 Å². The van der Waals surface area contributed by atoms with Crippen LogP contribution in [-0.2, 0) is 24.3 Å².